The molecule has 8 nitrogen and oxygen atoms in total. The Balaban J connectivity index is 2.58. The van der Waals surface area contributed by atoms with Gasteiger partial charge in [0, 0.05) is 0 Å². The summed E-state index contributed by atoms with van der Waals surface area (Å²) in [6, 6.07) is -1.75. The van der Waals surface area contributed by atoms with Crippen molar-refractivity contribution in [3.8, 4) is 0 Å². The zero-order valence-electron chi connectivity index (χ0n) is 10.3. The first-order chi connectivity index (χ1) is 8.93. The van der Waals surface area contributed by atoms with Crippen LogP contribution in [0.1, 0.15) is 6.42 Å². The number of carboxylic acids is 1. The lowest BCUT2D eigenvalue weighted by Gasteiger charge is -2.27. The Hall–Kier alpha value is -1.77. The van der Waals surface area contributed by atoms with Gasteiger partial charge in [0.05, 0.1) is 0 Å². The van der Waals surface area contributed by atoms with E-state index in [0.29, 0.717) is 5.75 Å². The fraction of sp³-hybridized carbons (Fsp3) is 0.600. The standard InChI is InChI=1S/C10H15N3O5S/c1-19-3-2-6(9(16)17)11-10(18)13-4-7(14)12-8(15)5-13/h6H,2-5H2,1H3,(H,11,18)(H,16,17)(H,12,14,15)/t6-/m0/s1. The molecule has 0 unspecified atom stereocenters. The van der Waals surface area contributed by atoms with Gasteiger partial charge in [-0.15, -0.1) is 0 Å². The highest BCUT2D eigenvalue weighted by Crippen LogP contribution is 2.03. The number of carbonyl (C=O) groups is 4. The summed E-state index contributed by atoms with van der Waals surface area (Å²) in [6.45, 7) is -0.515. The first kappa shape index (κ1) is 15.3. The van der Waals surface area contributed by atoms with Crippen LogP contribution in [0.2, 0.25) is 0 Å². The Bertz CT molecular complexity index is 385. The van der Waals surface area contributed by atoms with Crippen molar-refractivity contribution in [2.45, 2.75) is 12.5 Å². The van der Waals surface area contributed by atoms with Crippen molar-refractivity contribution in [3.05, 3.63) is 0 Å². The molecule has 9 heteroatoms. The number of urea groups is 1. The number of aliphatic carboxylic acids is 1. The number of thioether (sulfide) groups is 1. The number of nitrogens with zero attached hydrogens (tertiary/aromatic N) is 1. The van der Waals surface area contributed by atoms with Crippen molar-refractivity contribution in [2.24, 2.45) is 0 Å². The molecule has 1 aliphatic rings. The van der Waals surface area contributed by atoms with Crippen molar-refractivity contribution in [1.82, 2.24) is 15.5 Å². The lowest BCUT2D eigenvalue weighted by molar-refractivity contribution is -0.139. The molecule has 0 aliphatic carbocycles. The molecule has 0 aromatic carbocycles. The minimum Gasteiger partial charge on any atom is -0.480 e. The molecule has 4 amide bonds. The van der Waals surface area contributed by atoms with Gasteiger partial charge in [0.2, 0.25) is 11.8 Å². The van der Waals surface area contributed by atoms with Crippen molar-refractivity contribution < 1.29 is 24.3 Å². The van der Waals surface area contributed by atoms with E-state index >= 15 is 0 Å². The molecule has 0 bridgehead atoms. The first-order valence-electron chi connectivity index (χ1n) is 5.54. The highest BCUT2D eigenvalue weighted by Gasteiger charge is 2.29. The molecule has 0 aromatic rings. The average Bonchev–Trinajstić information content (AvgIpc) is 2.32. The Morgan fingerprint density at radius 3 is 2.47 bits per heavy atom. The van der Waals surface area contributed by atoms with E-state index in [1.807, 2.05) is 6.26 Å². The van der Waals surface area contributed by atoms with Gasteiger partial charge in [-0.3, -0.25) is 14.9 Å². The third-order valence-corrected chi connectivity index (χ3v) is 3.09. The molecule has 1 saturated heterocycles. The van der Waals surface area contributed by atoms with Crippen LogP contribution in [0.4, 0.5) is 4.79 Å². The predicted octanol–water partition coefficient (Wildman–Crippen LogP) is -1.14. The van der Waals surface area contributed by atoms with Crippen LogP contribution in [0.3, 0.4) is 0 Å². The Morgan fingerprint density at radius 2 is 2.00 bits per heavy atom. The number of hydrogen-bond donors (Lipinski definition) is 3. The molecular formula is C10H15N3O5S. The lowest BCUT2D eigenvalue weighted by Crippen LogP contribution is -2.57. The third-order valence-electron chi connectivity index (χ3n) is 2.44. The molecular weight excluding hydrogens is 274 g/mol. The summed E-state index contributed by atoms with van der Waals surface area (Å²) in [4.78, 5) is 45.9. The molecule has 0 aromatic heterocycles. The number of nitrogens with one attached hydrogen (secondary N) is 2. The number of carbonyl (C=O) groups excluding carboxylic acids is 3. The highest BCUT2D eigenvalue weighted by atomic mass is 32.2. The molecule has 1 rings (SSSR count). The Kier molecular flexibility index (Phi) is 5.61. The zero-order valence-corrected chi connectivity index (χ0v) is 11.2. The van der Waals surface area contributed by atoms with E-state index in [4.69, 9.17) is 5.11 Å². The zero-order chi connectivity index (χ0) is 14.4. The van der Waals surface area contributed by atoms with Crippen LogP contribution in [-0.4, -0.2) is 65.0 Å². The summed E-state index contributed by atoms with van der Waals surface area (Å²) in [5.74, 6) is -1.73. The van der Waals surface area contributed by atoms with E-state index in [1.165, 1.54) is 11.8 Å². The second-order valence-corrected chi connectivity index (χ2v) is 4.93. The van der Waals surface area contributed by atoms with E-state index in [9.17, 15) is 19.2 Å². The molecule has 19 heavy (non-hydrogen) atoms. The average molecular weight is 289 g/mol. The molecule has 106 valence electrons. The van der Waals surface area contributed by atoms with Gasteiger partial charge in [-0.2, -0.15) is 11.8 Å². The van der Waals surface area contributed by atoms with Crippen LogP contribution in [-0.2, 0) is 14.4 Å². The Labute approximate surface area is 113 Å². The maximum Gasteiger partial charge on any atom is 0.326 e. The number of piperazine rings is 1. The molecule has 3 N–H and O–H groups in total. The van der Waals surface area contributed by atoms with E-state index in [0.717, 1.165) is 4.90 Å². The van der Waals surface area contributed by atoms with E-state index in [1.54, 1.807) is 0 Å². The second kappa shape index (κ2) is 6.98. The van der Waals surface area contributed by atoms with Gasteiger partial charge in [0.1, 0.15) is 19.1 Å². The first-order valence-corrected chi connectivity index (χ1v) is 6.93. The van der Waals surface area contributed by atoms with Crippen molar-refractivity contribution >= 4 is 35.6 Å². The van der Waals surface area contributed by atoms with Gasteiger partial charge in [-0.25, -0.2) is 9.59 Å². The van der Waals surface area contributed by atoms with Gasteiger partial charge in [-0.05, 0) is 18.4 Å². The fourth-order valence-corrected chi connectivity index (χ4v) is 1.99. The van der Waals surface area contributed by atoms with Crippen LogP contribution < -0.4 is 10.6 Å². The summed E-state index contributed by atoms with van der Waals surface area (Å²) in [6.07, 6.45) is 2.10. The normalized spacial score (nSPS) is 16.8. The maximum atomic E-state index is 11.8. The van der Waals surface area contributed by atoms with Gasteiger partial charge in [-0.1, -0.05) is 0 Å². The summed E-state index contributed by atoms with van der Waals surface area (Å²) in [5, 5.41) is 13.3. The monoisotopic (exact) mass is 289 g/mol. The molecule has 1 fully saturated rings. The fourth-order valence-electron chi connectivity index (χ4n) is 1.51. The number of hydrogen-bond acceptors (Lipinski definition) is 5. The van der Waals surface area contributed by atoms with Crippen molar-refractivity contribution in [3.63, 3.8) is 0 Å². The largest absolute Gasteiger partial charge is 0.480 e. The van der Waals surface area contributed by atoms with Crippen molar-refractivity contribution in [2.75, 3.05) is 25.1 Å². The molecule has 1 aliphatic heterocycles. The van der Waals surface area contributed by atoms with E-state index < -0.39 is 29.9 Å². The van der Waals surface area contributed by atoms with Crippen LogP contribution in [0.5, 0.6) is 0 Å². The van der Waals surface area contributed by atoms with Crippen LogP contribution >= 0.6 is 11.8 Å². The second-order valence-electron chi connectivity index (χ2n) is 3.95. The molecule has 1 atom stereocenters. The van der Waals surface area contributed by atoms with E-state index in [2.05, 4.69) is 10.6 Å². The third kappa shape index (κ3) is 4.78. The number of rotatable bonds is 5. The molecule has 0 saturated carbocycles. The van der Waals surface area contributed by atoms with E-state index in [-0.39, 0.29) is 19.5 Å². The van der Waals surface area contributed by atoms with Gasteiger partial charge >= 0.3 is 12.0 Å². The van der Waals surface area contributed by atoms with Crippen LogP contribution in [0.15, 0.2) is 0 Å². The van der Waals surface area contributed by atoms with Gasteiger partial charge in [0.25, 0.3) is 0 Å². The van der Waals surface area contributed by atoms with Crippen molar-refractivity contribution in [1.29, 1.82) is 0 Å². The van der Waals surface area contributed by atoms with Gasteiger partial charge in [0.15, 0.2) is 0 Å². The number of carboxylic acid groups (broad SMARTS) is 1. The Morgan fingerprint density at radius 1 is 1.42 bits per heavy atom. The van der Waals surface area contributed by atoms with Gasteiger partial charge < -0.3 is 15.3 Å². The predicted molar refractivity (Wildman–Crippen MR) is 67.7 cm³/mol. The summed E-state index contributed by atoms with van der Waals surface area (Å²) in [7, 11) is 0. The summed E-state index contributed by atoms with van der Waals surface area (Å²) < 4.78 is 0. The quantitative estimate of drug-likeness (QED) is 0.551. The maximum absolute atomic E-state index is 11.8. The minimum atomic E-state index is -1.14. The summed E-state index contributed by atoms with van der Waals surface area (Å²) >= 11 is 1.46. The highest BCUT2D eigenvalue weighted by molar-refractivity contribution is 7.98. The molecule has 0 spiro atoms. The topological polar surface area (TPSA) is 116 Å². The minimum absolute atomic E-state index is 0.257. The molecule has 0 radical (unpaired) electrons. The number of imide groups is 1. The van der Waals surface area contributed by atoms with Crippen LogP contribution in [0, 0.1) is 0 Å². The van der Waals surface area contributed by atoms with Crippen LogP contribution in [0.25, 0.3) is 0 Å². The number of amides is 4. The SMILES string of the molecule is CSCC[C@H](NC(=O)N1CC(=O)NC(=O)C1)C(=O)O. The molecule has 1 heterocycles. The smallest absolute Gasteiger partial charge is 0.326 e. The summed E-state index contributed by atoms with van der Waals surface area (Å²) in [5.41, 5.74) is 0. The lowest BCUT2D eigenvalue weighted by atomic mass is 10.2.